The Morgan fingerprint density at radius 1 is 1.16 bits per heavy atom. The molecule has 1 saturated heterocycles. The van der Waals surface area contributed by atoms with Crippen molar-refractivity contribution in [2.24, 2.45) is 0 Å². The van der Waals surface area contributed by atoms with E-state index >= 15 is 0 Å². The number of aromatic nitrogens is 2. The zero-order valence-corrected chi connectivity index (χ0v) is 15.7. The summed E-state index contributed by atoms with van der Waals surface area (Å²) in [5.41, 5.74) is 2.24. The highest BCUT2D eigenvalue weighted by Crippen LogP contribution is 2.25. The fourth-order valence-electron chi connectivity index (χ4n) is 3.19. The Morgan fingerprint density at radius 3 is 2.48 bits per heavy atom. The van der Waals surface area contributed by atoms with Crippen molar-refractivity contribution < 1.29 is 0 Å². The second-order valence-corrected chi connectivity index (χ2v) is 7.12. The smallest absolute Gasteiger partial charge is 0.225 e. The molecule has 1 aliphatic rings. The van der Waals surface area contributed by atoms with Crippen LogP contribution in [0, 0.1) is 0 Å². The predicted molar refractivity (Wildman–Crippen MR) is 103 cm³/mol. The molecule has 0 amide bonds. The van der Waals surface area contributed by atoms with Crippen LogP contribution in [0.1, 0.15) is 30.0 Å². The molecule has 0 bridgehead atoms. The zero-order chi connectivity index (χ0) is 17.6. The second-order valence-electron chi connectivity index (χ2n) is 6.72. The second kappa shape index (κ2) is 8.61. The van der Waals surface area contributed by atoms with Crippen molar-refractivity contribution in [1.82, 2.24) is 20.2 Å². The highest BCUT2D eigenvalue weighted by molar-refractivity contribution is 6.31. The number of hydrogen-bond donors (Lipinski definition) is 1. The Hall–Kier alpha value is -1.69. The molecule has 134 valence electrons. The summed E-state index contributed by atoms with van der Waals surface area (Å²) in [6, 6.07) is 8.24. The fraction of sp³-hybridized carbons (Fsp3) is 0.474. The van der Waals surface area contributed by atoms with Crippen LogP contribution in [-0.4, -0.2) is 48.6 Å². The van der Waals surface area contributed by atoms with Gasteiger partial charge in [-0.2, -0.15) is 0 Å². The quantitative estimate of drug-likeness (QED) is 0.822. The standard InChI is InChI=1S/C19H26ClN5/c1-24(2)18(16-7-3-4-8-17(16)20)14-21-11-15-12-22-19(23-13-15)25-9-5-6-10-25/h3-4,7-8,12-13,18,21H,5-6,9-11,14H2,1-2H3/t18-/m1/s1. The normalized spacial score (nSPS) is 15.8. The summed E-state index contributed by atoms with van der Waals surface area (Å²) < 4.78 is 0. The Kier molecular flexibility index (Phi) is 6.24. The zero-order valence-electron chi connectivity index (χ0n) is 15.0. The minimum atomic E-state index is 0.221. The van der Waals surface area contributed by atoms with E-state index in [1.165, 1.54) is 12.8 Å². The number of nitrogens with zero attached hydrogens (tertiary/aromatic N) is 4. The highest BCUT2D eigenvalue weighted by atomic mass is 35.5. The third-order valence-corrected chi connectivity index (χ3v) is 4.98. The SMILES string of the molecule is CN(C)[C@H](CNCc1cnc(N2CCCC2)nc1)c1ccccc1Cl. The summed E-state index contributed by atoms with van der Waals surface area (Å²) in [6.45, 7) is 3.69. The summed E-state index contributed by atoms with van der Waals surface area (Å²) >= 11 is 6.36. The Labute approximate surface area is 155 Å². The van der Waals surface area contributed by atoms with Crippen LogP contribution in [0.4, 0.5) is 5.95 Å². The van der Waals surface area contributed by atoms with Gasteiger partial charge in [-0.15, -0.1) is 0 Å². The molecule has 2 aromatic rings. The number of halogens is 1. The van der Waals surface area contributed by atoms with Crippen molar-refractivity contribution in [3.8, 4) is 0 Å². The Balaban J connectivity index is 1.56. The van der Waals surface area contributed by atoms with Crippen molar-refractivity contribution in [3.05, 3.63) is 52.8 Å². The average molecular weight is 360 g/mol. The van der Waals surface area contributed by atoms with Crippen molar-refractivity contribution >= 4 is 17.5 Å². The van der Waals surface area contributed by atoms with E-state index in [1.807, 2.05) is 30.6 Å². The van der Waals surface area contributed by atoms with Crippen LogP contribution in [-0.2, 0) is 6.54 Å². The van der Waals surface area contributed by atoms with E-state index in [1.54, 1.807) is 0 Å². The van der Waals surface area contributed by atoms with Gasteiger partial charge in [0.1, 0.15) is 0 Å². The molecule has 1 aromatic carbocycles. The van der Waals surface area contributed by atoms with E-state index in [0.29, 0.717) is 0 Å². The largest absolute Gasteiger partial charge is 0.341 e. The number of nitrogens with one attached hydrogen (secondary N) is 1. The van der Waals surface area contributed by atoms with Crippen LogP contribution in [0.3, 0.4) is 0 Å². The summed E-state index contributed by atoms with van der Waals surface area (Å²) in [5, 5.41) is 4.31. The molecule has 6 heteroatoms. The molecular formula is C19H26ClN5. The van der Waals surface area contributed by atoms with Crippen LogP contribution >= 0.6 is 11.6 Å². The fourth-order valence-corrected chi connectivity index (χ4v) is 3.45. The van der Waals surface area contributed by atoms with E-state index in [9.17, 15) is 0 Å². The lowest BCUT2D eigenvalue weighted by molar-refractivity contribution is 0.288. The number of rotatable bonds is 7. The molecule has 5 nitrogen and oxygen atoms in total. The maximum absolute atomic E-state index is 6.36. The van der Waals surface area contributed by atoms with Gasteiger partial charge in [-0.1, -0.05) is 29.8 Å². The molecule has 1 atom stereocenters. The van der Waals surface area contributed by atoms with Gasteiger partial charge in [0.25, 0.3) is 0 Å². The van der Waals surface area contributed by atoms with Crippen molar-refractivity contribution in [3.63, 3.8) is 0 Å². The molecule has 0 aliphatic carbocycles. The molecule has 0 radical (unpaired) electrons. The molecular weight excluding hydrogens is 334 g/mol. The first-order valence-corrected chi connectivity index (χ1v) is 9.20. The van der Waals surface area contributed by atoms with Gasteiger partial charge in [-0.3, -0.25) is 0 Å². The minimum absolute atomic E-state index is 0.221. The Bertz CT molecular complexity index is 668. The summed E-state index contributed by atoms with van der Waals surface area (Å²) in [7, 11) is 4.15. The summed E-state index contributed by atoms with van der Waals surface area (Å²) in [4.78, 5) is 13.4. The van der Waals surface area contributed by atoms with Gasteiger partial charge in [0.2, 0.25) is 5.95 Å². The maximum Gasteiger partial charge on any atom is 0.225 e. The van der Waals surface area contributed by atoms with Crippen LogP contribution in [0.5, 0.6) is 0 Å². The van der Waals surface area contributed by atoms with E-state index in [0.717, 1.165) is 48.3 Å². The van der Waals surface area contributed by atoms with E-state index in [-0.39, 0.29) is 6.04 Å². The molecule has 1 fully saturated rings. The molecule has 0 spiro atoms. The Morgan fingerprint density at radius 2 is 1.84 bits per heavy atom. The number of benzene rings is 1. The summed E-state index contributed by atoms with van der Waals surface area (Å²) in [5.74, 6) is 0.850. The lowest BCUT2D eigenvalue weighted by Gasteiger charge is -2.26. The minimum Gasteiger partial charge on any atom is -0.341 e. The van der Waals surface area contributed by atoms with Gasteiger partial charge in [0, 0.05) is 55.2 Å². The van der Waals surface area contributed by atoms with Crippen LogP contribution in [0.15, 0.2) is 36.7 Å². The van der Waals surface area contributed by atoms with Crippen LogP contribution < -0.4 is 10.2 Å². The van der Waals surface area contributed by atoms with Gasteiger partial charge in [0.05, 0.1) is 0 Å². The lowest BCUT2D eigenvalue weighted by atomic mass is 10.1. The van der Waals surface area contributed by atoms with E-state index in [4.69, 9.17) is 11.6 Å². The molecule has 2 heterocycles. The predicted octanol–water partition coefficient (Wildman–Crippen LogP) is 3.12. The monoisotopic (exact) mass is 359 g/mol. The molecule has 3 rings (SSSR count). The van der Waals surface area contributed by atoms with Crippen LogP contribution in [0.2, 0.25) is 5.02 Å². The van der Waals surface area contributed by atoms with Crippen molar-refractivity contribution in [1.29, 1.82) is 0 Å². The first-order valence-electron chi connectivity index (χ1n) is 8.82. The molecule has 0 unspecified atom stereocenters. The molecule has 1 aromatic heterocycles. The first-order chi connectivity index (χ1) is 12.1. The topological polar surface area (TPSA) is 44.3 Å². The van der Waals surface area contributed by atoms with Gasteiger partial charge in [-0.25, -0.2) is 9.97 Å². The van der Waals surface area contributed by atoms with Gasteiger partial charge < -0.3 is 15.1 Å². The molecule has 0 saturated carbocycles. The van der Waals surface area contributed by atoms with E-state index < -0.39 is 0 Å². The molecule has 1 N–H and O–H groups in total. The number of hydrogen-bond acceptors (Lipinski definition) is 5. The summed E-state index contributed by atoms with van der Waals surface area (Å²) in [6.07, 6.45) is 6.32. The van der Waals surface area contributed by atoms with Crippen LogP contribution in [0.25, 0.3) is 0 Å². The molecule has 25 heavy (non-hydrogen) atoms. The van der Waals surface area contributed by atoms with Gasteiger partial charge in [-0.05, 0) is 38.6 Å². The lowest BCUT2D eigenvalue weighted by Crippen LogP contribution is -2.31. The van der Waals surface area contributed by atoms with E-state index in [2.05, 4.69) is 45.2 Å². The first kappa shape index (κ1) is 18.1. The highest BCUT2D eigenvalue weighted by Gasteiger charge is 2.17. The number of likely N-dealkylation sites (N-methyl/N-ethyl adjacent to an activating group) is 1. The molecule has 1 aliphatic heterocycles. The van der Waals surface area contributed by atoms with Gasteiger partial charge >= 0.3 is 0 Å². The average Bonchev–Trinajstić information content (AvgIpc) is 3.14. The van der Waals surface area contributed by atoms with Crippen molar-refractivity contribution in [2.45, 2.75) is 25.4 Å². The van der Waals surface area contributed by atoms with Crippen molar-refractivity contribution in [2.75, 3.05) is 38.6 Å². The maximum atomic E-state index is 6.36. The third kappa shape index (κ3) is 4.69. The van der Waals surface area contributed by atoms with Gasteiger partial charge in [0.15, 0.2) is 0 Å². The third-order valence-electron chi connectivity index (χ3n) is 4.63. The number of anilines is 1.